The van der Waals surface area contributed by atoms with E-state index in [0.717, 1.165) is 22.9 Å². The third-order valence-corrected chi connectivity index (χ3v) is 5.37. The van der Waals surface area contributed by atoms with Crippen LogP contribution in [-0.4, -0.2) is 51.6 Å². The molecule has 2 aromatic carbocycles. The van der Waals surface area contributed by atoms with Crippen LogP contribution in [0.15, 0.2) is 60.6 Å². The van der Waals surface area contributed by atoms with Crippen molar-refractivity contribution >= 4 is 23.3 Å². The lowest BCUT2D eigenvalue weighted by Gasteiger charge is -2.32. The van der Waals surface area contributed by atoms with Crippen molar-refractivity contribution < 1.29 is 25.9 Å². The predicted octanol–water partition coefficient (Wildman–Crippen LogP) is 2.24. The molecule has 27 heavy (non-hydrogen) atoms. The number of thioether (sulfide) groups is 1. The van der Waals surface area contributed by atoms with E-state index in [0.29, 0.717) is 0 Å². The van der Waals surface area contributed by atoms with Crippen molar-refractivity contribution in [3.05, 3.63) is 71.8 Å². The van der Waals surface area contributed by atoms with Gasteiger partial charge >= 0.3 is 5.97 Å². The van der Waals surface area contributed by atoms with Gasteiger partial charge in [0.15, 0.2) is 11.0 Å². The minimum atomic E-state index is -1.26. The van der Waals surface area contributed by atoms with Gasteiger partial charge in [0.1, 0.15) is 12.2 Å². The molecule has 1 aliphatic heterocycles. The van der Waals surface area contributed by atoms with Crippen molar-refractivity contribution in [1.82, 2.24) is 0 Å². The third kappa shape index (κ3) is 4.22. The van der Waals surface area contributed by atoms with E-state index < -0.39 is 35.8 Å². The van der Waals surface area contributed by atoms with E-state index >= 15 is 0 Å². The lowest BCUT2D eigenvalue weighted by molar-refractivity contribution is -0.0407. The quantitative estimate of drug-likeness (QED) is 0.382. The Labute approximate surface area is 163 Å². The molecule has 0 amide bonds. The molecule has 1 aliphatic rings. The van der Waals surface area contributed by atoms with Crippen molar-refractivity contribution in [1.29, 1.82) is 5.41 Å². The van der Waals surface area contributed by atoms with Crippen LogP contribution in [0.4, 0.5) is 0 Å². The highest BCUT2D eigenvalue weighted by molar-refractivity contribution is 8.13. The number of carbonyl (C=O) groups is 1. The number of aliphatic hydroxyl groups is 2. The summed E-state index contributed by atoms with van der Waals surface area (Å²) < 4.78 is 19.2. The summed E-state index contributed by atoms with van der Waals surface area (Å²) in [6.07, 6.45) is -3.06. The molecule has 1 fully saturated rings. The number of esters is 1. The molecule has 142 valence electrons. The maximum atomic E-state index is 12.6. The normalized spacial score (nSPS) is 27.8. The predicted molar refractivity (Wildman–Crippen MR) is 103 cm³/mol. The fourth-order valence-electron chi connectivity index (χ4n) is 3.12. The number of hydrogen-bond donors (Lipinski definition) is 3. The van der Waals surface area contributed by atoms with E-state index in [1.165, 1.54) is 18.2 Å². The molecule has 6 nitrogen and oxygen atoms in total. The highest BCUT2D eigenvalue weighted by Gasteiger charge is 2.57. The minimum absolute atomic E-state index is 0.162. The van der Waals surface area contributed by atoms with Gasteiger partial charge < -0.3 is 25.1 Å². The maximum absolute atomic E-state index is 12.6. The molecule has 1 saturated heterocycles. The van der Waals surface area contributed by atoms with Crippen LogP contribution in [0.2, 0.25) is 0 Å². The Morgan fingerprint density at radius 2 is 2.04 bits per heavy atom. The lowest BCUT2D eigenvalue weighted by atomic mass is 10.0. The number of benzene rings is 2. The summed E-state index contributed by atoms with van der Waals surface area (Å²) in [5, 5.41) is 27.8. The van der Waals surface area contributed by atoms with E-state index in [1.807, 2.05) is 30.3 Å². The molecule has 2 aromatic rings. The van der Waals surface area contributed by atoms with Gasteiger partial charge in [0, 0.05) is 6.42 Å². The number of ether oxygens (including phenoxy) is 2. The van der Waals surface area contributed by atoms with Gasteiger partial charge in [0.2, 0.25) is 0 Å². The van der Waals surface area contributed by atoms with Crippen LogP contribution in [-0.2, 0) is 15.9 Å². The average Bonchev–Trinajstić information content (AvgIpc) is 2.94. The second kappa shape index (κ2) is 8.67. The molecule has 1 heterocycles. The Balaban J connectivity index is 1.93. The van der Waals surface area contributed by atoms with Crippen LogP contribution in [0.1, 0.15) is 17.3 Å². The topological polar surface area (TPSA) is 99.8 Å². The summed E-state index contributed by atoms with van der Waals surface area (Å²) in [5.41, 5.74) is 2.12. The Bertz CT molecular complexity index is 836. The fourth-order valence-corrected chi connectivity index (χ4v) is 4.07. The molecule has 0 aromatic heterocycles. The van der Waals surface area contributed by atoms with Gasteiger partial charge in [-0.1, -0.05) is 60.3 Å². The second-order valence-corrected chi connectivity index (χ2v) is 7.32. The van der Waals surface area contributed by atoms with Crippen molar-refractivity contribution in [3.8, 4) is 0 Å². The van der Waals surface area contributed by atoms with Crippen LogP contribution in [0.5, 0.6) is 0 Å². The Hall–Kier alpha value is -2.19. The van der Waals surface area contributed by atoms with Crippen LogP contribution in [0.3, 0.4) is 0 Å². The van der Waals surface area contributed by atoms with Crippen molar-refractivity contribution in [3.63, 3.8) is 0 Å². The molecule has 4 atom stereocenters. The first-order valence-corrected chi connectivity index (χ1v) is 9.32. The standard InChI is InChI=1S/C20H21NO5S/c21-13-27-20(11-14-7-3-1-4-8-14)18(17(23)16(12-22)26-20)25-19(24)15-9-5-2-6-10-15/h1-10,13,16-18,21-23H,11-12H2/t16-,17-,18-,20?/m1/s1/i5D. The summed E-state index contributed by atoms with van der Waals surface area (Å²) in [7, 11) is 0. The van der Waals surface area contributed by atoms with Crippen LogP contribution in [0, 0.1) is 5.41 Å². The number of carbonyl (C=O) groups excluding carboxylic acids is 1. The van der Waals surface area contributed by atoms with E-state index in [2.05, 4.69) is 0 Å². The molecular formula is C20H21NO5S. The SMILES string of the molecule is [2H]c1cccc(C(=O)O[C@@H]2[C@H](O)[C@@H](CO)OC2(Cc2ccccc2)SC=N)c1. The zero-order chi connectivity index (χ0) is 20.1. The largest absolute Gasteiger partial charge is 0.452 e. The van der Waals surface area contributed by atoms with E-state index in [1.54, 1.807) is 6.07 Å². The number of hydrogen-bond acceptors (Lipinski definition) is 7. The molecule has 7 heteroatoms. The molecular weight excluding hydrogens is 366 g/mol. The molecule has 0 saturated carbocycles. The number of nitrogens with one attached hydrogen (secondary N) is 1. The van der Waals surface area contributed by atoms with Gasteiger partial charge in [-0.2, -0.15) is 0 Å². The molecule has 0 spiro atoms. The maximum Gasteiger partial charge on any atom is 0.338 e. The van der Waals surface area contributed by atoms with Crippen LogP contribution < -0.4 is 0 Å². The summed E-state index contributed by atoms with van der Waals surface area (Å²) in [6.45, 7) is -0.452. The van der Waals surface area contributed by atoms with Crippen LogP contribution >= 0.6 is 11.8 Å². The molecule has 0 aliphatic carbocycles. The Morgan fingerprint density at radius 1 is 1.30 bits per heavy atom. The average molecular weight is 388 g/mol. The highest BCUT2D eigenvalue weighted by Crippen LogP contribution is 2.44. The first-order chi connectivity index (χ1) is 13.5. The fraction of sp³-hybridized carbons (Fsp3) is 0.300. The summed E-state index contributed by atoms with van der Waals surface area (Å²) in [5.74, 6) is -0.705. The Morgan fingerprint density at radius 3 is 2.70 bits per heavy atom. The molecule has 0 radical (unpaired) electrons. The van der Waals surface area contributed by atoms with E-state index in [-0.39, 0.29) is 18.0 Å². The lowest BCUT2D eigenvalue weighted by Crippen LogP contribution is -2.45. The monoisotopic (exact) mass is 388 g/mol. The molecule has 1 unspecified atom stereocenters. The first kappa shape index (κ1) is 18.2. The summed E-state index contributed by atoms with van der Waals surface area (Å²) in [6, 6.07) is 15.5. The van der Waals surface area contributed by atoms with Gasteiger partial charge in [0.05, 0.1) is 19.1 Å². The number of aliphatic hydroxyl groups excluding tert-OH is 2. The van der Waals surface area contributed by atoms with Gasteiger partial charge in [-0.25, -0.2) is 4.79 Å². The Kier molecular flexibility index (Phi) is 5.84. The molecule has 0 bridgehead atoms. The zero-order valence-corrected chi connectivity index (χ0v) is 15.3. The number of rotatable bonds is 7. The van der Waals surface area contributed by atoms with E-state index in [9.17, 15) is 15.0 Å². The smallest absolute Gasteiger partial charge is 0.338 e. The van der Waals surface area contributed by atoms with Crippen LogP contribution in [0.25, 0.3) is 0 Å². The van der Waals surface area contributed by atoms with Crippen molar-refractivity contribution in [2.75, 3.05) is 6.61 Å². The molecule has 3 N–H and O–H groups in total. The highest BCUT2D eigenvalue weighted by atomic mass is 32.2. The minimum Gasteiger partial charge on any atom is -0.452 e. The van der Waals surface area contributed by atoms with Crippen molar-refractivity contribution in [2.24, 2.45) is 0 Å². The van der Waals surface area contributed by atoms with Crippen molar-refractivity contribution in [2.45, 2.75) is 29.7 Å². The van der Waals surface area contributed by atoms with E-state index in [4.69, 9.17) is 16.3 Å². The van der Waals surface area contributed by atoms with Gasteiger partial charge in [-0.15, -0.1) is 0 Å². The molecule has 3 rings (SSSR count). The van der Waals surface area contributed by atoms with Gasteiger partial charge in [-0.05, 0) is 17.7 Å². The summed E-state index contributed by atoms with van der Waals surface area (Å²) in [4.78, 5) is 11.4. The zero-order valence-electron chi connectivity index (χ0n) is 15.4. The van der Waals surface area contributed by atoms with Gasteiger partial charge in [-0.3, -0.25) is 0 Å². The first-order valence-electron chi connectivity index (χ1n) is 8.94. The second-order valence-electron chi connectivity index (χ2n) is 6.16. The summed E-state index contributed by atoms with van der Waals surface area (Å²) >= 11 is 0.987. The van der Waals surface area contributed by atoms with Gasteiger partial charge in [0.25, 0.3) is 0 Å². The third-order valence-electron chi connectivity index (χ3n) is 4.38.